The summed E-state index contributed by atoms with van der Waals surface area (Å²) in [6, 6.07) is 1.63. The molecule has 30 heavy (non-hydrogen) atoms. The molecule has 2 heterocycles. The van der Waals surface area contributed by atoms with Gasteiger partial charge in [0.15, 0.2) is 11.0 Å². The van der Waals surface area contributed by atoms with Crippen LogP contribution in [0.25, 0.3) is 0 Å². The Hall–Kier alpha value is -1.91. The van der Waals surface area contributed by atoms with E-state index >= 15 is 0 Å². The van der Waals surface area contributed by atoms with Crippen molar-refractivity contribution in [2.75, 3.05) is 4.90 Å². The summed E-state index contributed by atoms with van der Waals surface area (Å²) >= 11 is 10.9. The standard InChI is InChI=1S/C19H22BrClN4O4S/c1-18(2,3)28-16(26)25(17(27)29-19(4,5)6)14-13(21)12(7-8-22-14)30-15-23-9-11(20)10-24-15/h7-10H,1-6H3. The number of carbonyl (C=O) groups is 2. The van der Waals surface area contributed by atoms with Gasteiger partial charge in [0.25, 0.3) is 0 Å². The Kier molecular flexibility index (Phi) is 7.70. The average Bonchev–Trinajstić information content (AvgIpc) is 2.57. The lowest BCUT2D eigenvalue weighted by molar-refractivity contribution is 0.0429. The molecule has 2 aromatic heterocycles. The number of hydrogen-bond donors (Lipinski definition) is 0. The van der Waals surface area contributed by atoms with Gasteiger partial charge in [0.05, 0.1) is 9.50 Å². The molecule has 2 rings (SSSR count). The number of pyridine rings is 1. The summed E-state index contributed by atoms with van der Waals surface area (Å²) in [6.07, 6.45) is 2.71. The van der Waals surface area contributed by atoms with E-state index in [0.717, 1.165) is 16.2 Å². The third-order valence-corrected chi connectivity index (χ3v) is 4.84. The second-order valence-corrected chi connectivity index (χ2v) is 10.3. The van der Waals surface area contributed by atoms with Crippen LogP contribution in [-0.2, 0) is 9.47 Å². The number of carbonyl (C=O) groups excluding carboxylic acids is 2. The highest BCUT2D eigenvalue weighted by Gasteiger charge is 2.35. The summed E-state index contributed by atoms with van der Waals surface area (Å²) in [6.45, 7) is 10.1. The van der Waals surface area contributed by atoms with Crippen LogP contribution in [0.1, 0.15) is 41.5 Å². The van der Waals surface area contributed by atoms with Crippen LogP contribution >= 0.6 is 39.3 Å². The van der Waals surface area contributed by atoms with E-state index in [1.54, 1.807) is 60.0 Å². The molecule has 0 aliphatic heterocycles. The first-order valence-electron chi connectivity index (χ1n) is 8.83. The molecule has 2 aromatic rings. The third-order valence-electron chi connectivity index (χ3n) is 3.00. The van der Waals surface area contributed by atoms with Gasteiger partial charge >= 0.3 is 12.2 Å². The minimum absolute atomic E-state index is 0.0609. The molecule has 0 saturated carbocycles. The van der Waals surface area contributed by atoms with Gasteiger partial charge in [-0.3, -0.25) is 0 Å². The van der Waals surface area contributed by atoms with Crippen molar-refractivity contribution in [3.8, 4) is 0 Å². The minimum atomic E-state index is -0.951. The third kappa shape index (κ3) is 7.10. The molecular formula is C19H22BrClN4O4S. The van der Waals surface area contributed by atoms with Gasteiger partial charge < -0.3 is 9.47 Å². The van der Waals surface area contributed by atoms with Crippen LogP contribution in [0.5, 0.6) is 0 Å². The molecule has 0 aromatic carbocycles. The van der Waals surface area contributed by atoms with E-state index in [0.29, 0.717) is 15.0 Å². The number of hydrogen-bond acceptors (Lipinski definition) is 8. The summed E-state index contributed by atoms with van der Waals surface area (Å²) < 4.78 is 11.5. The van der Waals surface area contributed by atoms with E-state index in [9.17, 15) is 9.59 Å². The predicted molar refractivity (Wildman–Crippen MR) is 118 cm³/mol. The molecule has 0 spiro atoms. The largest absolute Gasteiger partial charge is 0.443 e. The van der Waals surface area contributed by atoms with Gasteiger partial charge in [-0.15, -0.1) is 0 Å². The van der Waals surface area contributed by atoms with Crippen molar-refractivity contribution >= 4 is 57.3 Å². The second kappa shape index (κ2) is 9.49. The maximum atomic E-state index is 12.8. The van der Waals surface area contributed by atoms with Gasteiger partial charge in [-0.2, -0.15) is 4.90 Å². The van der Waals surface area contributed by atoms with Gasteiger partial charge in [0.2, 0.25) is 0 Å². The van der Waals surface area contributed by atoms with Crippen LogP contribution in [0.3, 0.4) is 0 Å². The van der Waals surface area contributed by atoms with E-state index in [1.165, 1.54) is 6.20 Å². The first-order valence-corrected chi connectivity index (χ1v) is 10.8. The Labute approximate surface area is 192 Å². The summed E-state index contributed by atoms with van der Waals surface area (Å²) in [4.78, 5) is 39.3. The summed E-state index contributed by atoms with van der Waals surface area (Å²) in [5.41, 5.74) is -1.69. The summed E-state index contributed by atoms with van der Waals surface area (Å²) in [7, 11) is 0. The van der Waals surface area contributed by atoms with Crippen molar-refractivity contribution in [1.82, 2.24) is 15.0 Å². The summed E-state index contributed by atoms with van der Waals surface area (Å²) in [5, 5.41) is 0.490. The lowest BCUT2D eigenvalue weighted by Crippen LogP contribution is -2.44. The topological polar surface area (TPSA) is 94.5 Å². The van der Waals surface area contributed by atoms with Crippen LogP contribution in [0.4, 0.5) is 15.4 Å². The Balaban J connectivity index is 2.45. The molecule has 0 N–H and O–H groups in total. The predicted octanol–water partition coefficient (Wildman–Crippen LogP) is 6.12. The highest BCUT2D eigenvalue weighted by Crippen LogP contribution is 2.37. The number of ether oxygens (including phenoxy) is 2. The zero-order chi connectivity index (χ0) is 22.7. The Morgan fingerprint density at radius 1 is 1.00 bits per heavy atom. The molecule has 0 bridgehead atoms. The first-order chi connectivity index (χ1) is 13.8. The van der Waals surface area contributed by atoms with Crippen molar-refractivity contribution in [3.05, 3.63) is 34.2 Å². The molecule has 11 heteroatoms. The fraction of sp³-hybridized carbons (Fsp3) is 0.421. The number of amides is 2. The quantitative estimate of drug-likeness (QED) is 0.450. The second-order valence-electron chi connectivity index (χ2n) is 8.03. The lowest BCUT2D eigenvalue weighted by Gasteiger charge is -2.28. The molecule has 8 nitrogen and oxygen atoms in total. The van der Waals surface area contributed by atoms with Gasteiger partial charge in [0, 0.05) is 23.5 Å². The molecule has 0 unspecified atom stereocenters. The molecule has 0 fully saturated rings. The number of halogens is 2. The van der Waals surface area contributed by atoms with Crippen molar-refractivity contribution in [2.24, 2.45) is 0 Å². The molecular weight excluding hydrogens is 496 g/mol. The highest BCUT2D eigenvalue weighted by molar-refractivity contribution is 9.10. The van der Waals surface area contributed by atoms with Gasteiger partial charge in [-0.1, -0.05) is 11.6 Å². The number of rotatable bonds is 3. The molecule has 0 atom stereocenters. The van der Waals surface area contributed by atoms with Crippen molar-refractivity contribution in [2.45, 2.75) is 62.8 Å². The van der Waals surface area contributed by atoms with Crippen LogP contribution in [-0.4, -0.2) is 38.3 Å². The molecule has 0 saturated heterocycles. The van der Waals surface area contributed by atoms with Gasteiger partial charge in [-0.25, -0.2) is 24.5 Å². The molecule has 2 amide bonds. The molecule has 0 aliphatic rings. The lowest BCUT2D eigenvalue weighted by atomic mass is 10.2. The van der Waals surface area contributed by atoms with Gasteiger partial charge in [0.1, 0.15) is 11.2 Å². The minimum Gasteiger partial charge on any atom is -0.443 e. The monoisotopic (exact) mass is 516 g/mol. The number of nitrogens with zero attached hydrogens (tertiary/aromatic N) is 4. The first kappa shape index (κ1) is 24.4. The Morgan fingerprint density at radius 2 is 1.50 bits per heavy atom. The Bertz CT molecular complexity index is 902. The maximum absolute atomic E-state index is 12.8. The van der Waals surface area contributed by atoms with Crippen LogP contribution in [0.15, 0.2) is 39.2 Å². The smallest absolute Gasteiger partial charge is 0.425 e. The molecule has 162 valence electrons. The van der Waals surface area contributed by atoms with Crippen molar-refractivity contribution < 1.29 is 19.1 Å². The van der Waals surface area contributed by atoms with Gasteiger partial charge in [-0.05, 0) is 75.3 Å². The van der Waals surface area contributed by atoms with E-state index in [4.69, 9.17) is 21.1 Å². The van der Waals surface area contributed by atoms with E-state index < -0.39 is 23.4 Å². The number of imide groups is 1. The molecule has 0 aliphatic carbocycles. The van der Waals surface area contributed by atoms with E-state index in [2.05, 4.69) is 30.9 Å². The van der Waals surface area contributed by atoms with Crippen LogP contribution in [0.2, 0.25) is 5.02 Å². The zero-order valence-corrected chi connectivity index (χ0v) is 20.6. The molecule has 0 radical (unpaired) electrons. The van der Waals surface area contributed by atoms with Crippen LogP contribution < -0.4 is 4.90 Å². The Morgan fingerprint density at radius 3 is 1.97 bits per heavy atom. The van der Waals surface area contributed by atoms with Crippen molar-refractivity contribution in [3.63, 3.8) is 0 Å². The normalized spacial score (nSPS) is 11.7. The SMILES string of the molecule is CC(C)(C)OC(=O)N(C(=O)OC(C)(C)C)c1nccc(Sc2ncc(Br)cn2)c1Cl. The zero-order valence-electron chi connectivity index (χ0n) is 17.4. The average molecular weight is 518 g/mol. The van der Waals surface area contributed by atoms with E-state index in [-0.39, 0.29) is 10.8 Å². The highest BCUT2D eigenvalue weighted by atomic mass is 79.9. The number of aromatic nitrogens is 3. The number of anilines is 1. The maximum Gasteiger partial charge on any atom is 0.425 e. The van der Waals surface area contributed by atoms with Crippen LogP contribution in [0, 0.1) is 0 Å². The fourth-order valence-electron chi connectivity index (χ4n) is 1.96. The van der Waals surface area contributed by atoms with Crippen molar-refractivity contribution in [1.29, 1.82) is 0 Å². The van der Waals surface area contributed by atoms with E-state index in [1.807, 2.05) is 0 Å². The summed E-state index contributed by atoms with van der Waals surface area (Å²) in [5.74, 6) is -0.109. The fourth-order valence-corrected chi connectivity index (χ4v) is 3.20.